The summed E-state index contributed by atoms with van der Waals surface area (Å²) in [6.45, 7) is 0. The fourth-order valence-electron chi connectivity index (χ4n) is 2.55. The highest BCUT2D eigenvalue weighted by Crippen LogP contribution is 2.26. The van der Waals surface area contributed by atoms with Gasteiger partial charge in [0.15, 0.2) is 0 Å². The molecular weight excluding hydrogens is 250 g/mol. The quantitative estimate of drug-likeness (QED) is 0.716. The number of fused-ring (bicyclic) bond motifs is 1. The zero-order chi connectivity index (χ0) is 14.1. The Labute approximate surface area is 117 Å². The molecule has 0 aliphatic carbocycles. The Morgan fingerprint density at radius 2 is 1.85 bits per heavy atom. The average Bonchev–Trinajstić information content (AvgIpc) is 2.76. The first kappa shape index (κ1) is 12.7. The molecular formula is C16H17N3O. The monoisotopic (exact) mass is 267 g/mol. The van der Waals surface area contributed by atoms with Crippen molar-refractivity contribution in [1.82, 2.24) is 9.78 Å². The molecule has 0 radical (unpaired) electrons. The normalized spacial score (nSPS) is 12.7. The van der Waals surface area contributed by atoms with Gasteiger partial charge in [-0.05, 0) is 12.1 Å². The molecule has 3 aromatic rings. The third kappa shape index (κ3) is 2.14. The molecule has 0 aliphatic rings. The van der Waals surface area contributed by atoms with E-state index in [0.29, 0.717) is 12.1 Å². The Morgan fingerprint density at radius 1 is 1.15 bits per heavy atom. The van der Waals surface area contributed by atoms with Crippen molar-refractivity contribution >= 4 is 16.6 Å². The Morgan fingerprint density at radius 3 is 2.65 bits per heavy atom. The lowest BCUT2D eigenvalue weighted by Crippen LogP contribution is -2.06. The lowest BCUT2D eigenvalue weighted by molar-refractivity contribution is 0.178. The van der Waals surface area contributed by atoms with Gasteiger partial charge in [-0.3, -0.25) is 4.68 Å². The summed E-state index contributed by atoms with van der Waals surface area (Å²) in [7, 11) is 1.91. The van der Waals surface area contributed by atoms with Crippen LogP contribution in [0, 0.1) is 0 Å². The maximum absolute atomic E-state index is 10.4. The van der Waals surface area contributed by atoms with E-state index < -0.39 is 6.10 Å². The Hall–Kier alpha value is -2.33. The number of nitrogen functional groups attached to an aromatic ring is 1. The van der Waals surface area contributed by atoms with Crippen LogP contribution >= 0.6 is 0 Å². The minimum atomic E-state index is -0.644. The van der Waals surface area contributed by atoms with Crippen LogP contribution in [0.25, 0.3) is 10.9 Å². The van der Waals surface area contributed by atoms with Gasteiger partial charge >= 0.3 is 0 Å². The first-order valence-corrected chi connectivity index (χ1v) is 6.60. The standard InChI is InChI=1S/C16H17N3O/c1-19-15-9-5-3-7-12(15)14(18-19)10-16(20)11-6-2-4-8-13(11)17/h2-9,16,20H,10,17H2,1H3. The summed E-state index contributed by atoms with van der Waals surface area (Å²) in [5.41, 5.74) is 9.22. The average molecular weight is 267 g/mol. The molecule has 0 amide bonds. The lowest BCUT2D eigenvalue weighted by atomic mass is 10.0. The van der Waals surface area contributed by atoms with Crippen LogP contribution < -0.4 is 5.73 Å². The van der Waals surface area contributed by atoms with Crippen molar-refractivity contribution in [3.05, 3.63) is 59.8 Å². The highest BCUT2D eigenvalue weighted by Gasteiger charge is 2.16. The number of aliphatic hydroxyl groups excluding tert-OH is 1. The number of benzene rings is 2. The van der Waals surface area contributed by atoms with E-state index in [4.69, 9.17) is 5.73 Å². The predicted molar refractivity (Wildman–Crippen MR) is 80.2 cm³/mol. The summed E-state index contributed by atoms with van der Waals surface area (Å²) in [5, 5.41) is 16.0. The number of aryl methyl sites for hydroxylation is 1. The molecule has 2 aromatic carbocycles. The number of rotatable bonds is 3. The topological polar surface area (TPSA) is 64.1 Å². The van der Waals surface area contributed by atoms with E-state index in [0.717, 1.165) is 22.2 Å². The van der Waals surface area contributed by atoms with Crippen molar-refractivity contribution in [2.75, 3.05) is 5.73 Å². The minimum absolute atomic E-state index is 0.454. The number of anilines is 1. The van der Waals surface area contributed by atoms with Gasteiger partial charge in [-0.15, -0.1) is 0 Å². The predicted octanol–water partition coefficient (Wildman–Crippen LogP) is 2.43. The van der Waals surface area contributed by atoms with Crippen LogP contribution in [0.2, 0.25) is 0 Å². The summed E-state index contributed by atoms with van der Waals surface area (Å²) in [6, 6.07) is 15.4. The largest absolute Gasteiger partial charge is 0.398 e. The van der Waals surface area contributed by atoms with E-state index in [2.05, 4.69) is 5.10 Å². The molecule has 1 unspecified atom stereocenters. The number of para-hydroxylation sites is 2. The number of hydrogen-bond acceptors (Lipinski definition) is 3. The van der Waals surface area contributed by atoms with Crippen LogP contribution in [0.4, 0.5) is 5.69 Å². The van der Waals surface area contributed by atoms with Crippen LogP contribution in [-0.2, 0) is 13.5 Å². The van der Waals surface area contributed by atoms with E-state index >= 15 is 0 Å². The van der Waals surface area contributed by atoms with Gasteiger partial charge in [0.2, 0.25) is 0 Å². The van der Waals surface area contributed by atoms with Gasteiger partial charge < -0.3 is 10.8 Å². The Balaban J connectivity index is 1.96. The molecule has 3 N–H and O–H groups in total. The second-order valence-electron chi connectivity index (χ2n) is 4.94. The van der Waals surface area contributed by atoms with Gasteiger partial charge in [-0.1, -0.05) is 36.4 Å². The molecule has 4 nitrogen and oxygen atoms in total. The zero-order valence-electron chi connectivity index (χ0n) is 11.3. The summed E-state index contributed by atoms with van der Waals surface area (Å²) in [4.78, 5) is 0. The van der Waals surface area contributed by atoms with E-state index in [1.54, 1.807) is 6.07 Å². The molecule has 1 heterocycles. The number of aromatic nitrogens is 2. The fraction of sp³-hybridized carbons (Fsp3) is 0.188. The molecule has 3 rings (SSSR count). The molecule has 20 heavy (non-hydrogen) atoms. The molecule has 0 saturated heterocycles. The molecule has 1 aromatic heterocycles. The number of nitrogens with two attached hydrogens (primary N) is 1. The number of hydrogen-bond donors (Lipinski definition) is 2. The third-order valence-electron chi connectivity index (χ3n) is 3.58. The van der Waals surface area contributed by atoms with E-state index in [1.165, 1.54) is 0 Å². The van der Waals surface area contributed by atoms with Crippen molar-refractivity contribution < 1.29 is 5.11 Å². The van der Waals surface area contributed by atoms with E-state index in [-0.39, 0.29) is 0 Å². The van der Waals surface area contributed by atoms with Crippen molar-refractivity contribution in [2.45, 2.75) is 12.5 Å². The maximum atomic E-state index is 10.4. The van der Waals surface area contributed by atoms with Crippen molar-refractivity contribution in [3.63, 3.8) is 0 Å². The van der Waals surface area contributed by atoms with Gasteiger partial charge in [0.25, 0.3) is 0 Å². The van der Waals surface area contributed by atoms with E-state index in [1.807, 2.05) is 54.2 Å². The number of nitrogens with zero attached hydrogens (tertiary/aromatic N) is 2. The molecule has 4 heteroatoms. The van der Waals surface area contributed by atoms with Crippen LogP contribution in [-0.4, -0.2) is 14.9 Å². The van der Waals surface area contributed by atoms with Crippen molar-refractivity contribution in [3.8, 4) is 0 Å². The summed E-state index contributed by atoms with van der Waals surface area (Å²) < 4.78 is 1.84. The smallest absolute Gasteiger partial charge is 0.0866 e. The first-order chi connectivity index (χ1) is 9.66. The van der Waals surface area contributed by atoms with Crippen LogP contribution in [0.1, 0.15) is 17.4 Å². The molecule has 0 bridgehead atoms. The Kier molecular flexibility index (Phi) is 3.16. The van der Waals surface area contributed by atoms with Gasteiger partial charge in [0.05, 0.1) is 17.3 Å². The van der Waals surface area contributed by atoms with Gasteiger partial charge in [-0.2, -0.15) is 5.10 Å². The second-order valence-corrected chi connectivity index (χ2v) is 4.94. The SMILES string of the molecule is Cn1nc(CC(O)c2ccccc2N)c2ccccc21. The van der Waals surface area contributed by atoms with Gasteiger partial charge in [0, 0.05) is 30.1 Å². The van der Waals surface area contributed by atoms with Crippen LogP contribution in [0.5, 0.6) is 0 Å². The maximum Gasteiger partial charge on any atom is 0.0866 e. The molecule has 0 aliphatic heterocycles. The molecule has 0 spiro atoms. The molecule has 0 saturated carbocycles. The fourth-order valence-corrected chi connectivity index (χ4v) is 2.55. The zero-order valence-corrected chi connectivity index (χ0v) is 11.3. The van der Waals surface area contributed by atoms with E-state index in [9.17, 15) is 5.11 Å². The van der Waals surface area contributed by atoms with Crippen molar-refractivity contribution in [2.24, 2.45) is 7.05 Å². The van der Waals surface area contributed by atoms with Crippen LogP contribution in [0.3, 0.4) is 0 Å². The lowest BCUT2D eigenvalue weighted by Gasteiger charge is -2.12. The van der Waals surface area contributed by atoms with Gasteiger partial charge in [0.1, 0.15) is 0 Å². The summed E-state index contributed by atoms with van der Waals surface area (Å²) in [5.74, 6) is 0. The minimum Gasteiger partial charge on any atom is -0.398 e. The van der Waals surface area contributed by atoms with Crippen LogP contribution in [0.15, 0.2) is 48.5 Å². The molecule has 0 fully saturated rings. The van der Waals surface area contributed by atoms with Gasteiger partial charge in [-0.25, -0.2) is 0 Å². The number of aliphatic hydroxyl groups is 1. The molecule has 102 valence electrons. The Bertz CT molecular complexity index is 748. The first-order valence-electron chi connectivity index (χ1n) is 6.60. The highest BCUT2D eigenvalue weighted by atomic mass is 16.3. The second kappa shape index (κ2) is 4.98. The summed E-state index contributed by atoms with van der Waals surface area (Å²) >= 11 is 0. The van der Waals surface area contributed by atoms with Crippen molar-refractivity contribution in [1.29, 1.82) is 0 Å². The summed E-state index contributed by atoms with van der Waals surface area (Å²) in [6.07, 6.45) is -0.190. The molecule has 1 atom stereocenters. The highest BCUT2D eigenvalue weighted by molar-refractivity contribution is 5.81. The third-order valence-corrected chi connectivity index (χ3v) is 3.58.